The first-order valence-corrected chi connectivity index (χ1v) is 5.31. The molecule has 0 radical (unpaired) electrons. The first-order valence-electron chi connectivity index (χ1n) is 5.31. The summed E-state index contributed by atoms with van der Waals surface area (Å²) < 4.78 is 6.67. The van der Waals surface area contributed by atoms with Crippen LogP contribution < -0.4 is 15.8 Å². The number of ether oxygens (including phenoxy) is 1. The lowest BCUT2D eigenvalue weighted by Gasteiger charge is -2.14. The van der Waals surface area contributed by atoms with Crippen molar-refractivity contribution in [1.29, 1.82) is 0 Å². The van der Waals surface area contributed by atoms with Crippen LogP contribution in [0.25, 0.3) is 0 Å². The molecule has 1 aliphatic rings. The van der Waals surface area contributed by atoms with E-state index in [0.29, 0.717) is 18.3 Å². The van der Waals surface area contributed by atoms with Gasteiger partial charge in [-0.1, -0.05) is 0 Å². The molecule has 0 aromatic carbocycles. The van der Waals surface area contributed by atoms with Gasteiger partial charge in [-0.15, -0.1) is 0 Å². The van der Waals surface area contributed by atoms with Gasteiger partial charge in [0.25, 0.3) is 0 Å². The van der Waals surface area contributed by atoms with Crippen LogP contribution in [0.5, 0.6) is 5.75 Å². The second-order valence-electron chi connectivity index (χ2n) is 4.00. The van der Waals surface area contributed by atoms with Crippen molar-refractivity contribution in [3.63, 3.8) is 0 Å². The lowest BCUT2D eigenvalue weighted by Crippen LogP contribution is -2.45. The van der Waals surface area contributed by atoms with E-state index in [-0.39, 0.29) is 11.9 Å². The van der Waals surface area contributed by atoms with Gasteiger partial charge in [-0.2, -0.15) is 5.10 Å². The SMILES string of the molecule is COc1cnn(CC(NC2CC2)C(N)=O)c1. The Morgan fingerprint density at radius 1 is 1.81 bits per heavy atom. The Morgan fingerprint density at radius 3 is 3.06 bits per heavy atom. The zero-order valence-electron chi connectivity index (χ0n) is 9.22. The molecule has 0 spiro atoms. The Morgan fingerprint density at radius 2 is 2.56 bits per heavy atom. The summed E-state index contributed by atoms with van der Waals surface area (Å²) >= 11 is 0. The summed E-state index contributed by atoms with van der Waals surface area (Å²) in [4.78, 5) is 11.2. The van der Waals surface area contributed by atoms with Gasteiger partial charge in [0.05, 0.1) is 26.0 Å². The third-order valence-corrected chi connectivity index (χ3v) is 2.57. The number of hydrogen-bond donors (Lipinski definition) is 2. The van der Waals surface area contributed by atoms with Crippen molar-refractivity contribution in [2.75, 3.05) is 7.11 Å². The summed E-state index contributed by atoms with van der Waals surface area (Å²) in [5.41, 5.74) is 5.33. The molecule has 6 heteroatoms. The molecule has 3 N–H and O–H groups in total. The smallest absolute Gasteiger partial charge is 0.236 e. The molecule has 0 aliphatic heterocycles. The molecule has 1 aromatic heterocycles. The number of rotatable bonds is 6. The molecule has 0 bridgehead atoms. The van der Waals surface area contributed by atoms with Crippen molar-refractivity contribution in [1.82, 2.24) is 15.1 Å². The topological polar surface area (TPSA) is 82.2 Å². The fraction of sp³-hybridized carbons (Fsp3) is 0.600. The number of amides is 1. The lowest BCUT2D eigenvalue weighted by atomic mass is 10.2. The van der Waals surface area contributed by atoms with Crippen LogP contribution in [-0.2, 0) is 11.3 Å². The van der Waals surface area contributed by atoms with Crippen LogP contribution in [0.1, 0.15) is 12.8 Å². The zero-order valence-corrected chi connectivity index (χ0v) is 9.22. The van der Waals surface area contributed by atoms with Gasteiger partial charge >= 0.3 is 0 Å². The largest absolute Gasteiger partial charge is 0.493 e. The van der Waals surface area contributed by atoms with Gasteiger partial charge in [0.2, 0.25) is 5.91 Å². The van der Waals surface area contributed by atoms with E-state index in [1.165, 1.54) is 0 Å². The second-order valence-corrected chi connectivity index (χ2v) is 4.00. The number of primary amides is 1. The van der Waals surface area contributed by atoms with Crippen LogP contribution in [-0.4, -0.2) is 34.9 Å². The molecule has 2 rings (SSSR count). The fourth-order valence-corrected chi connectivity index (χ4v) is 1.50. The zero-order chi connectivity index (χ0) is 11.5. The van der Waals surface area contributed by atoms with E-state index in [1.807, 2.05) is 0 Å². The van der Waals surface area contributed by atoms with E-state index in [4.69, 9.17) is 10.5 Å². The predicted molar refractivity (Wildman–Crippen MR) is 57.9 cm³/mol. The van der Waals surface area contributed by atoms with E-state index in [1.54, 1.807) is 24.2 Å². The van der Waals surface area contributed by atoms with E-state index in [9.17, 15) is 4.79 Å². The van der Waals surface area contributed by atoms with Crippen molar-refractivity contribution in [3.8, 4) is 5.75 Å². The molecule has 1 amide bonds. The predicted octanol–water partition coefficient (Wildman–Crippen LogP) is -0.502. The highest BCUT2D eigenvalue weighted by molar-refractivity contribution is 5.79. The van der Waals surface area contributed by atoms with Gasteiger partial charge in [0.1, 0.15) is 6.04 Å². The monoisotopic (exact) mass is 224 g/mol. The third kappa shape index (κ3) is 2.73. The fourth-order valence-electron chi connectivity index (χ4n) is 1.50. The number of hydrogen-bond acceptors (Lipinski definition) is 4. The molecule has 1 unspecified atom stereocenters. The minimum Gasteiger partial charge on any atom is -0.493 e. The summed E-state index contributed by atoms with van der Waals surface area (Å²) in [5, 5.41) is 7.27. The molecule has 6 nitrogen and oxygen atoms in total. The highest BCUT2D eigenvalue weighted by Crippen LogP contribution is 2.19. The van der Waals surface area contributed by atoms with Crippen LogP contribution in [0, 0.1) is 0 Å². The van der Waals surface area contributed by atoms with E-state index < -0.39 is 0 Å². The van der Waals surface area contributed by atoms with E-state index in [2.05, 4.69) is 10.4 Å². The van der Waals surface area contributed by atoms with Crippen LogP contribution >= 0.6 is 0 Å². The maximum absolute atomic E-state index is 11.2. The number of nitrogens with zero attached hydrogens (tertiary/aromatic N) is 2. The quantitative estimate of drug-likeness (QED) is 0.682. The molecular weight excluding hydrogens is 208 g/mol. The van der Waals surface area contributed by atoms with Crippen LogP contribution in [0.3, 0.4) is 0 Å². The number of carbonyl (C=O) groups excluding carboxylic acids is 1. The molecule has 16 heavy (non-hydrogen) atoms. The van der Waals surface area contributed by atoms with E-state index >= 15 is 0 Å². The average Bonchev–Trinajstić information content (AvgIpc) is 2.95. The molecule has 1 atom stereocenters. The minimum absolute atomic E-state index is 0.346. The van der Waals surface area contributed by atoms with Crippen molar-refractivity contribution in [2.24, 2.45) is 5.73 Å². The molecule has 1 fully saturated rings. The third-order valence-electron chi connectivity index (χ3n) is 2.57. The average molecular weight is 224 g/mol. The Hall–Kier alpha value is -1.56. The first-order chi connectivity index (χ1) is 7.69. The van der Waals surface area contributed by atoms with Gasteiger partial charge in [-0.05, 0) is 12.8 Å². The number of methoxy groups -OCH3 is 1. The molecular formula is C10H16N4O2. The summed E-state index contributed by atoms with van der Waals surface area (Å²) in [5.74, 6) is 0.330. The number of carbonyl (C=O) groups is 1. The standard InChI is InChI=1S/C10H16N4O2/c1-16-8-4-12-14(5-8)6-9(10(11)15)13-7-2-3-7/h4-5,7,9,13H,2-3,6H2,1H3,(H2,11,15). The summed E-state index contributed by atoms with van der Waals surface area (Å²) in [7, 11) is 1.58. The Balaban J connectivity index is 1.95. The van der Waals surface area contributed by atoms with Crippen molar-refractivity contribution in [2.45, 2.75) is 31.5 Å². The Kier molecular flexibility index (Phi) is 3.09. The molecule has 1 aromatic rings. The van der Waals surface area contributed by atoms with Crippen LogP contribution in [0.4, 0.5) is 0 Å². The normalized spacial score (nSPS) is 17.1. The van der Waals surface area contributed by atoms with Gasteiger partial charge in [-0.3, -0.25) is 9.48 Å². The van der Waals surface area contributed by atoms with Crippen molar-refractivity contribution in [3.05, 3.63) is 12.4 Å². The van der Waals surface area contributed by atoms with Crippen LogP contribution in [0.15, 0.2) is 12.4 Å². The molecule has 1 saturated carbocycles. The lowest BCUT2D eigenvalue weighted by molar-refractivity contribution is -0.120. The molecule has 0 saturated heterocycles. The first kappa shape index (κ1) is 10.9. The Bertz CT molecular complexity index is 373. The highest BCUT2D eigenvalue weighted by Gasteiger charge is 2.27. The van der Waals surface area contributed by atoms with Crippen molar-refractivity contribution >= 4 is 5.91 Å². The van der Waals surface area contributed by atoms with Gasteiger partial charge in [0.15, 0.2) is 5.75 Å². The van der Waals surface area contributed by atoms with Gasteiger partial charge < -0.3 is 15.8 Å². The Labute approximate surface area is 93.8 Å². The molecule has 1 aliphatic carbocycles. The summed E-state index contributed by atoms with van der Waals surface area (Å²) in [6, 6.07) is 0.0760. The number of nitrogens with one attached hydrogen (secondary N) is 1. The maximum atomic E-state index is 11.2. The van der Waals surface area contributed by atoms with Gasteiger partial charge in [0, 0.05) is 6.04 Å². The maximum Gasteiger partial charge on any atom is 0.236 e. The minimum atomic E-state index is -0.364. The number of nitrogens with two attached hydrogens (primary N) is 1. The van der Waals surface area contributed by atoms with Crippen LogP contribution in [0.2, 0.25) is 0 Å². The molecule has 88 valence electrons. The van der Waals surface area contributed by atoms with Gasteiger partial charge in [-0.25, -0.2) is 0 Å². The highest BCUT2D eigenvalue weighted by atomic mass is 16.5. The summed E-state index contributed by atoms with van der Waals surface area (Å²) in [6.45, 7) is 0.440. The number of aromatic nitrogens is 2. The van der Waals surface area contributed by atoms with E-state index in [0.717, 1.165) is 12.8 Å². The second kappa shape index (κ2) is 4.52. The summed E-state index contributed by atoms with van der Waals surface area (Å²) in [6.07, 6.45) is 5.58. The molecule has 1 heterocycles. The van der Waals surface area contributed by atoms with Crippen molar-refractivity contribution < 1.29 is 9.53 Å².